The molecule has 0 unspecified atom stereocenters. The summed E-state index contributed by atoms with van der Waals surface area (Å²) in [5, 5.41) is 9.76. The van der Waals surface area contributed by atoms with Crippen molar-refractivity contribution in [3.05, 3.63) is 17.0 Å². The molecule has 94 valence electrons. The van der Waals surface area contributed by atoms with E-state index in [1.807, 2.05) is 14.0 Å². The van der Waals surface area contributed by atoms with Gasteiger partial charge < -0.3 is 10.0 Å². The lowest BCUT2D eigenvalue weighted by Crippen LogP contribution is -2.37. The normalized spacial score (nSPS) is 23.3. The van der Waals surface area contributed by atoms with E-state index in [1.165, 1.54) is 0 Å². The van der Waals surface area contributed by atoms with Crippen LogP contribution in [0.25, 0.3) is 0 Å². The van der Waals surface area contributed by atoms with Crippen LogP contribution in [0.2, 0.25) is 5.15 Å². The Labute approximate surface area is 107 Å². The van der Waals surface area contributed by atoms with Gasteiger partial charge in [0.05, 0.1) is 6.10 Å². The van der Waals surface area contributed by atoms with Crippen molar-refractivity contribution in [2.45, 2.75) is 32.3 Å². The number of aromatic nitrogens is 2. The second-order valence-electron chi connectivity index (χ2n) is 4.69. The highest BCUT2D eigenvalue weighted by atomic mass is 35.5. The van der Waals surface area contributed by atoms with Gasteiger partial charge in [0, 0.05) is 26.1 Å². The van der Waals surface area contributed by atoms with Crippen LogP contribution >= 0.6 is 11.6 Å². The maximum atomic E-state index is 9.26. The number of hydrogen-bond donors (Lipinski definition) is 1. The average Bonchev–Trinajstić information content (AvgIpc) is 2.26. The number of nitrogens with zero attached hydrogens (tertiary/aromatic N) is 3. The molecule has 4 nitrogen and oxygen atoms in total. The van der Waals surface area contributed by atoms with E-state index in [0.29, 0.717) is 11.1 Å². The van der Waals surface area contributed by atoms with E-state index in [4.69, 9.17) is 11.6 Å². The number of anilines is 1. The van der Waals surface area contributed by atoms with Crippen molar-refractivity contribution in [1.82, 2.24) is 9.97 Å². The van der Waals surface area contributed by atoms with Gasteiger partial charge in [-0.15, -0.1) is 0 Å². The second-order valence-corrected chi connectivity index (χ2v) is 5.08. The zero-order valence-electron chi connectivity index (χ0n) is 10.2. The monoisotopic (exact) mass is 255 g/mol. The van der Waals surface area contributed by atoms with Crippen LogP contribution in [0.1, 0.15) is 25.6 Å². The molecule has 0 atom stereocenters. The Kier molecular flexibility index (Phi) is 3.84. The summed E-state index contributed by atoms with van der Waals surface area (Å²) in [7, 11) is 2.00. The van der Waals surface area contributed by atoms with Gasteiger partial charge in [-0.3, -0.25) is 0 Å². The minimum Gasteiger partial charge on any atom is -0.393 e. The van der Waals surface area contributed by atoms with Crippen molar-refractivity contribution in [3.8, 4) is 0 Å². The van der Waals surface area contributed by atoms with Gasteiger partial charge >= 0.3 is 0 Å². The van der Waals surface area contributed by atoms with Gasteiger partial charge in [-0.1, -0.05) is 18.5 Å². The molecule has 1 fully saturated rings. The lowest BCUT2D eigenvalue weighted by molar-refractivity contribution is 0.0464. The van der Waals surface area contributed by atoms with Gasteiger partial charge in [0.15, 0.2) is 0 Å². The fourth-order valence-corrected chi connectivity index (χ4v) is 2.33. The molecule has 1 aliphatic rings. The van der Waals surface area contributed by atoms with Crippen molar-refractivity contribution in [3.63, 3.8) is 0 Å². The number of aliphatic hydroxyl groups excluding tert-OH is 1. The Morgan fingerprint density at radius 3 is 2.76 bits per heavy atom. The van der Waals surface area contributed by atoms with E-state index < -0.39 is 0 Å². The summed E-state index contributed by atoms with van der Waals surface area (Å²) >= 11 is 5.96. The lowest BCUT2D eigenvalue weighted by Gasteiger charge is -2.34. The molecule has 2 rings (SSSR count). The molecule has 1 aromatic rings. The van der Waals surface area contributed by atoms with Gasteiger partial charge in [0.25, 0.3) is 0 Å². The van der Waals surface area contributed by atoms with Crippen molar-refractivity contribution in [2.24, 2.45) is 5.92 Å². The Morgan fingerprint density at radius 1 is 1.47 bits per heavy atom. The molecule has 0 bridgehead atoms. The summed E-state index contributed by atoms with van der Waals surface area (Å²) in [6.45, 7) is 2.92. The third-order valence-electron chi connectivity index (χ3n) is 3.18. The van der Waals surface area contributed by atoms with E-state index >= 15 is 0 Å². The molecule has 1 saturated carbocycles. The standard InChI is InChI=1S/C12H18ClN3O/c1-3-11-14-10(13)6-12(15-11)16(2)7-8-4-9(17)5-8/h6,8-9,17H,3-5,7H2,1-2H3. The molecule has 0 aromatic carbocycles. The third kappa shape index (κ3) is 3.07. The Morgan fingerprint density at radius 2 is 2.18 bits per heavy atom. The predicted molar refractivity (Wildman–Crippen MR) is 68.4 cm³/mol. The first-order chi connectivity index (χ1) is 8.08. The summed E-state index contributed by atoms with van der Waals surface area (Å²) in [4.78, 5) is 10.7. The Bertz CT molecular complexity index is 393. The van der Waals surface area contributed by atoms with Crippen LogP contribution in [0.5, 0.6) is 0 Å². The topological polar surface area (TPSA) is 49.2 Å². The highest BCUT2D eigenvalue weighted by Crippen LogP contribution is 2.29. The average molecular weight is 256 g/mol. The van der Waals surface area contributed by atoms with E-state index in [2.05, 4.69) is 14.9 Å². The van der Waals surface area contributed by atoms with Crippen LogP contribution in [0.15, 0.2) is 6.07 Å². The molecule has 0 amide bonds. The molecule has 1 aromatic heterocycles. The van der Waals surface area contributed by atoms with Crippen LogP contribution in [0, 0.1) is 5.92 Å². The minimum atomic E-state index is -0.103. The maximum Gasteiger partial charge on any atom is 0.134 e. The molecule has 1 N–H and O–H groups in total. The first-order valence-electron chi connectivity index (χ1n) is 6.01. The molecule has 17 heavy (non-hydrogen) atoms. The lowest BCUT2D eigenvalue weighted by atomic mass is 9.82. The maximum absolute atomic E-state index is 9.26. The van der Waals surface area contributed by atoms with E-state index in [0.717, 1.165) is 37.4 Å². The highest BCUT2D eigenvalue weighted by molar-refractivity contribution is 6.29. The predicted octanol–water partition coefficient (Wildman–Crippen LogP) is 1.90. The molecule has 1 aliphatic carbocycles. The quantitative estimate of drug-likeness (QED) is 0.835. The SMILES string of the molecule is CCc1nc(Cl)cc(N(C)CC2CC(O)C2)n1. The van der Waals surface area contributed by atoms with Gasteiger partial charge in [0.2, 0.25) is 0 Å². The Hall–Kier alpha value is -0.870. The van der Waals surface area contributed by atoms with Crippen molar-refractivity contribution < 1.29 is 5.11 Å². The first kappa shape index (κ1) is 12.6. The van der Waals surface area contributed by atoms with Crippen molar-refractivity contribution >= 4 is 17.4 Å². The number of rotatable bonds is 4. The van der Waals surface area contributed by atoms with Gasteiger partial charge in [-0.25, -0.2) is 9.97 Å². The largest absolute Gasteiger partial charge is 0.393 e. The summed E-state index contributed by atoms with van der Waals surface area (Å²) in [6, 6.07) is 1.79. The zero-order chi connectivity index (χ0) is 12.4. The van der Waals surface area contributed by atoms with Gasteiger partial charge in [-0.05, 0) is 18.8 Å². The van der Waals surface area contributed by atoms with Crippen LogP contribution in [0.4, 0.5) is 5.82 Å². The summed E-state index contributed by atoms with van der Waals surface area (Å²) in [6.07, 6.45) is 2.46. The smallest absolute Gasteiger partial charge is 0.134 e. The molecule has 1 heterocycles. The first-order valence-corrected chi connectivity index (χ1v) is 6.39. The molecule has 0 spiro atoms. The van der Waals surface area contributed by atoms with E-state index in [9.17, 15) is 5.11 Å². The number of aliphatic hydroxyl groups is 1. The third-order valence-corrected chi connectivity index (χ3v) is 3.37. The van der Waals surface area contributed by atoms with Crippen LogP contribution in [-0.4, -0.2) is 34.8 Å². The summed E-state index contributed by atoms with van der Waals surface area (Å²) < 4.78 is 0. The van der Waals surface area contributed by atoms with Crippen molar-refractivity contribution in [2.75, 3.05) is 18.5 Å². The van der Waals surface area contributed by atoms with Crippen LogP contribution in [0.3, 0.4) is 0 Å². The van der Waals surface area contributed by atoms with E-state index in [-0.39, 0.29) is 6.10 Å². The second kappa shape index (κ2) is 5.19. The fourth-order valence-electron chi connectivity index (χ4n) is 2.14. The van der Waals surface area contributed by atoms with Crippen molar-refractivity contribution in [1.29, 1.82) is 0 Å². The van der Waals surface area contributed by atoms with Crippen LogP contribution < -0.4 is 4.90 Å². The van der Waals surface area contributed by atoms with Gasteiger partial charge in [0.1, 0.15) is 16.8 Å². The highest BCUT2D eigenvalue weighted by Gasteiger charge is 2.28. The fraction of sp³-hybridized carbons (Fsp3) is 0.667. The Balaban J connectivity index is 2.02. The summed E-state index contributed by atoms with van der Waals surface area (Å²) in [5.74, 6) is 2.20. The number of hydrogen-bond acceptors (Lipinski definition) is 4. The van der Waals surface area contributed by atoms with Gasteiger partial charge in [-0.2, -0.15) is 0 Å². The molecule has 5 heteroatoms. The minimum absolute atomic E-state index is 0.103. The molecular weight excluding hydrogens is 238 g/mol. The van der Waals surface area contributed by atoms with E-state index in [1.54, 1.807) is 6.07 Å². The summed E-state index contributed by atoms with van der Waals surface area (Å²) in [5.41, 5.74) is 0. The zero-order valence-corrected chi connectivity index (χ0v) is 11.0. The number of aryl methyl sites for hydroxylation is 1. The number of halogens is 1. The van der Waals surface area contributed by atoms with Crippen LogP contribution in [-0.2, 0) is 6.42 Å². The molecule has 0 aliphatic heterocycles. The molecule has 0 radical (unpaired) electrons. The molecular formula is C12H18ClN3O. The molecule has 0 saturated heterocycles.